The lowest BCUT2D eigenvalue weighted by Gasteiger charge is -2.41. The van der Waals surface area contributed by atoms with E-state index in [1.165, 1.54) is 10.4 Å². The van der Waals surface area contributed by atoms with Crippen LogP contribution in [0.3, 0.4) is 0 Å². The predicted octanol–water partition coefficient (Wildman–Crippen LogP) is 2.27. The van der Waals surface area contributed by atoms with Gasteiger partial charge in [-0.15, -0.1) is 0 Å². The number of carbonyl (C=O) groups excluding carboxylic acids is 2. The summed E-state index contributed by atoms with van der Waals surface area (Å²) in [6, 6.07) is 9.44. The van der Waals surface area contributed by atoms with Gasteiger partial charge in [0.2, 0.25) is 15.9 Å². The summed E-state index contributed by atoms with van der Waals surface area (Å²) in [4.78, 5) is 25.5. The topological polar surface area (TPSA) is 96.0 Å². The molecule has 0 spiro atoms. The van der Waals surface area contributed by atoms with E-state index in [0.717, 1.165) is 5.56 Å². The van der Waals surface area contributed by atoms with Gasteiger partial charge in [0.15, 0.2) is 0 Å². The Labute approximate surface area is 184 Å². The number of amides is 2. The van der Waals surface area contributed by atoms with Gasteiger partial charge >= 0.3 is 6.09 Å². The second-order valence-electron chi connectivity index (χ2n) is 8.42. The molecular formula is C22H31N3O5S. The lowest BCUT2D eigenvalue weighted by molar-refractivity contribution is -0.118. The van der Waals surface area contributed by atoms with Gasteiger partial charge in [-0.2, -0.15) is 0 Å². The molecule has 0 unspecified atom stereocenters. The smallest absolute Gasteiger partial charge is 0.410 e. The van der Waals surface area contributed by atoms with Crippen LogP contribution < -0.4 is 5.32 Å². The monoisotopic (exact) mass is 449 g/mol. The first kappa shape index (κ1) is 23.3. The molecule has 0 aliphatic carbocycles. The molecule has 1 aromatic carbocycles. The molecule has 0 radical (unpaired) electrons. The zero-order valence-corrected chi connectivity index (χ0v) is 18.8. The number of hydrogen-bond donors (Lipinski definition) is 1. The number of ether oxygens (including phenoxy) is 1. The maximum atomic E-state index is 13.1. The SMILES string of the molecule is C=CC(=O)NC1(C)CCN(S(=O)(=O)C2CCN(C(=O)OCc3ccccc3)CC2)CC1. The number of carbonyl (C=O) groups is 2. The van der Waals surface area contributed by atoms with E-state index in [-0.39, 0.29) is 12.5 Å². The molecule has 170 valence electrons. The molecule has 2 amide bonds. The highest BCUT2D eigenvalue weighted by atomic mass is 32.2. The van der Waals surface area contributed by atoms with Crippen molar-refractivity contribution in [3.05, 3.63) is 48.6 Å². The highest BCUT2D eigenvalue weighted by Gasteiger charge is 2.40. The first-order valence-electron chi connectivity index (χ1n) is 10.6. The molecule has 3 rings (SSSR count). The Kier molecular flexibility index (Phi) is 7.38. The molecule has 8 nitrogen and oxygen atoms in total. The Bertz CT molecular complexity index is 887. The number of rotatable bonds is 6. The molecule has 1 N–H and O–H groups in total. The molecule has 2 saturated heterocycles. The molecule has 9 heteroatoms. The van der Waals surface area contributed by atoms with E-state index < -0.39 is 26.9 Å². The number of nitrogens with one attached hydrogen (secondary N) is 1. The van der Waals surface area contributed by atoms with Crippen LogP contribution in [0.25, 0.3) is 0 Å². The average molecular weight is 450 g/mol. The fraction of sp³-hybridized carbons (Fsp3) is 0.545. The summed E-state index contributed by atoms with van der Waals surface area (Å²) in [7, 11) is -3.45. The summed E-state index contributed by atoms with van der Waals surface area (Å²) in [5.41, 5.74) is 0.484. The Morgan fingerprint density at radius 1 is 1.16 bits per heavy atom. The highest BCUT2D eigenvalue weighted by Crippen LogP contribution is 2.28. The largest absolute Gasteiger partial charge is 0.445 e. The number of sulfonamides is 1. The summed E-state index contributed by atoms with van der Waals surface area (Å²) >= 11 is 0. The molecule has 31 heavy (non-hydrogen) atoms. The quantitative estimate of drug-likeness (QED) is 0.672. The van der Waals surface area contributed by atoms with Crippen LogP contribution in [0.5, 0.6) is 0 Å². The zero-order valence-electron chi connectivity index (χ0n) is 18.0. The van der Waals surface area contributed by atoms with Crippen molar-refractivity contribution >= 4 is 22.0 Å². The maximum Gasteiger partial charge on any atom is 0.410 e. The van der Waals surface area contributed by atoms with Crippen molar-refractivity contribution in [2.75, 3.05) is 26.2 Å². The standard InChI is InChI=1S/C22H31N3O5S/c1-3-20(26)23-22(2)11-15-25(16-12-22)31(28,29)19-9-13-24(14-10-19)21(27)30-17-18-7-5-4-6-8-18/h3-8,19H,1,9-17H2,2H3,(H,23,26). The number of likely N-dealkylation sites (tertiary alicyclic amines) is 1. The minimum Gasteiger partial charge on any atom is -0.445 e. The molecule has 0 saturated carbocycles. The van der Waals surface area contributed by atoms with Gasteiger partial charge in [0.05, 0.1) is 5.25 Å². The van der Waals surface area contributed by atoms with Crippen LogP contribution in [0, 0.1) is 0 Å². The lowest BCUT2D eigenvalue weighted by Crippen LogP contribution is -2.56. The first-order chi connectivity index (χ1) is 14.7. The van der Waals surface area contributed by atoms with E-state index in [9.17, 15) is 18.0 Å². The van der Waals surface area contributed by atoms with Crippen molar-refractivity contribution in [2.45, 2.75) is 50.0 Å². The van der Waals surface area contributed by atoms with Crippen LogP contribution >= 0.6 is 0 Å². The van der Waals surface area contributed by atoms with Gasteiger partial charge in [0, 0.05) is 31.7 Å². The molecule has 0 bridgehead atoms. The van der Waals surface area contributed by atoms with Crippen molar-refractivity contribution < 1.29 is 22.7 Å². The van der Waals surface area contributed by atoms with E-state index in [0.29, 0.717) is 51.9 Å². The molecule has 0 aromatic heterocycles. The third kappa shape index (κ3) is 5.86. The van der Waals surface area contributed by atoms with Crippen molar-refractivity contribution in [2.24, 2.45) is 0 Å². The predicted molar refractivity (Wildman–Crippen MR) is 118 cm³/mol. The van der Waals surface area contributed by atoms with Crippen molar-refractivity contribution in [3.8, 4) is 0 Å². The van der Waals surface area contributed by atoms with Gasteiger partial charge in [0.25, 0.3) is 0 Å². The summed E-state index contributed by atoms with van der Waals surface area (Å²) in [5, 5.41) is 2.40. The van der Waals surface area contributed by atoms with E-state index in [1.54, 1.807) is 4.90 Å². The average Bonchev–Trinajstić information content (AvgIpc) is 2.78. The highest BCUT2D eigenvalue weighted by molar-refractivity contribution is 7.89. The van der Waals surface area contributed by atoms with Crippen LogP contribution in [0.1, 0.15) is 38.2 Å². The number of benzene rings is 1. The normalized spacial score (nSPS) is 20.1. The summed E-state index contributed by atoms with van der Waals surface area (Å²) in [5.74, 6) is -0.245. The summed E-state index contributed by atoms with van der Waals surface area (Å²) < 4.78 is 33.1. The van der Waals surface area contributed by atoms with Gasteiger partial charge in [-0.25, -0.2) is 17.5 Å². The third-order valence-electron chi connectivity index (χ3n) is 6.12. The maximum absolute atomic E-state index is 13.1. The molecule has 2 heterocycles. The number of hydrogen-bond acceptors (Lipinski definition) is 5. The summed E-state index contributed by atoms with van der Waals surface area (Å²) in [6.45, 7) is 7.05. The van der Waals surface area contributed by atoms with Gasteiger partial charge in [-0.1, -0.05) is 36.9 Å². The Morgan fingerprint density at radius 3 is 2.35 bits per heavy atom. The Morgan fingerprint density at radius 2 is 1.77 bits per heavy atom. The van der Waals surface area contributed by atoms with Crippen LogP contribution in [0.15, 0.2) is 43.0 Å². The van der Waals surface area contributed by atoms with Gasteiger partial charge in [-0.05, 0) is 44.2 Å². The second kappa shape index (κ2) is 9.82. The summed E-state index contributed by atoms with van der Waals surface area (Å²) in [6.07, 6.45) is 2.71. The van der Waals surface area contributed by atoms with Gasteiger partial charge < -0.3 is 15.0 Å². The minimum absolute atomic E-state index is 0.201. The van der Waals surface area contributed by atoms with Gasteiger partial charge in [-0.3, -0.25) is 4.79 Å². The van der Waals surface area contributed by atoms with Gasteiger partial charge in [0.1, 0.15) is 6.61 Å². The van der Waals surface area contributed by atoms with Crippen molar-refractivity contribution in [1.29, 1.82) is 0 Å². The minimum atomic E-state index is -3.45. The van der Waals surface area contributed by atoms with E-state index in [1.807, 2.05) is 37.3 Å². The molecule has 0 atom stereocenters. The number of nitrogens with zero attached hydrogens (tertiary/aromatic N) is 2. The fourth-order valence-corrected chi connectivity index (χ4v) is 5.99. The first-order valence-corrected chi connectivity index (χ1v) is 12.1. The van der Waals surface area contributed by atoms with E-state index in [2.05, 4.69) is 11.9 Å². The van der Waals surface area contributed by atoms with Crippen LogP contribution in [-0.4, -0.2) is 66.6 Å². The Balaban J connectivity index is 1.48. The fourth-order valence-electron chi connectivity index (χ4n) is 4.07. The number of piperidine rings is 2. The molecule has 1 aromatic rings. The third-order valence-corrected chi connectivity index (χ3v) is 8.52. The van der Waals surface area contributed by atoms with E-state index >= 15 is 0 Å². The second-order valence-corrected chi connectivity index (χ2v) is 10.6. The molecule has 2 fully saturated rings. The van der Waals surface area contributed by atoms with Crippen LogP contribution in [0.2, 0.25) is 0 Å². The van der Waals surface area contributed by atoms with Crippen LogP contribution in [-0.2, 0) is 26.2 Å². The van der Waals surface area contributed by atoms with Crippen molar-refractivity contribution in [3.63, 3.8) is 0 Å². The molecule has 2 aliphatic heterocycles. The lowest BCUT2D eigenvalue weighted by atomic mass is 9.90. The molecule has 2 aliphatic rings. The zero-order chi connectivity index (χ0) is 22.5. The Hall–Kier alpha value is -2.39. The molecular weight excluding hydrogens is 418 g/mol. The van der Waals surface area contributed by atoms with E-state index in [4.69, 9.17) is 4.74 Å². The van der Waals surface area contributed by atoms with Crippen molar-refractivity contribution in [1.82, 2.24) is 14.5 Å². The van der Waals surface area contributed by atoms with Crippen LogP contribution in [0.4, 0.5) is 4.79 Å².